The molecule has 0 saturated carbocycles. The van der Waals surface area contributed by atoms with Crippen LogP contribution in [-0.2, 0) is 11.2 Å². The van der Waals surface area contributed by atoms with Crippen LogP contribution in [0.15, 0.2) is 42.6 Å². The lowest BCUT2D eigenvalue weighted by Gasteiger charge is -2.08. The van der Waals surface area contributed by atoms with E-state index in [2.05, 4.69) is 55.2 Å². The number of hydrogen-bond acceptors (Lipinski definition) is 3. The van der Waals surface area contributed by atoms with E-state index in [-0.39, 0.29) is 0 Å². The van der Waals surface area contributed by atoms with Crippen molar-refractivity contribution in [2.45, 2.75) is 110 Å². The Morgan fingerprint density at radius 3 is 1.79 bits per heavy atom. The van der Waals surface area contributed by atoms with Gasteiger partial charge in [0.2, 0.25) is 0 Å². The van der Waals surface area contributed by atoms with Crippen molar-refractivity contribution in [3.8, 4) is 17.0 Å². The first kappa shape index (κ1) is 28.4. The standard InChI is InChI=1S/C31H49NO2/c1-3-5-7-9-10-11-13-15-26-34-30-21-19-29(20-22-30)31-23-18-28(27-32-31)17-16-25-33-24-14-12-8-6-4-2/h18-23,27H,3-17,24-26H2,1-2H3. The Kier molecular flexibility index (Phi) is 16.2. The van der Waals surface area contributed by atoms with Crippen LogP contribution in [0, 0.1) is 0 Å². The smallest absolute Gasteiger partial charge is 0.119 e. The zero-order chi connectivity index (χ0) is 24.1. The maximum atomic E-state index is 5.93. The highest BCUT2D eigenvalue weighted by Crippen LogP contribution is 2.21. The molecule has 0 radical (unpaired) electrons. The van der Waals surface area contributed by atoms with Crippen molar-refractivity contribution < 1.29 is 9.47 Å². The molecule has 0 spiro atoms. The lowest BCUT2D eigenvalue weighted by Crippen LogP contribution is -1.99. The minimum atomic E-state index is 0.809. The molecule has 0 aliphatic heterocycles. The fraction of sp³-hybridized carbons (Fsp3) is 0.645. The molecule has 0 bridgehead atoms. The number of aryl methyl sites for hydroxylation is 1. The molecule has 1 aromatic heterocycles. The van der Waals surface area contributed by atoms with E-state index in [9.17, 15) is 0 Å². The van der Waals surface area contributed by atoms with E-state index in [1.54, 1.807) is 0 Å². The fourth-order valence-corrected chi connectivity index (χ4v) is 4.18. The van der Waals surface area contributed by atoms with Gasteiger partial charge in [-0.05, 0) is 61.6 Å². The molecule has 0 fully saturated rings. The van der Waals surface area contributed by atoms with Crippen LogP contribution < -0.4 is 4.74 Å². The van der Waals surface area contributed by atoms with E-state index >= 15 is 0 Å². The van der Waals surface area contributed by atoms with Gasteiger partial charge in [-0.3, -0.25) is 4.98 Å². The predicted molar refractivity (Wildman–Crippen MR) is 146 cm³/mol. The minimum absolute atomic E-state index is 0.809. The van der Waals surface area contributed by atoms with Crippen LogP contribution in [0.25, 0.3) is 11.3 Å². The van der Waals surface area contributed by atoms with Crippen LogP contribution in [-0.4, -0.2) is 24.8 Å². The lowest BCUT2D eigenvalue weighted by molar-refractivity contribution is 0.127. The van der Waals surface area contributed by atoms with Crippen LogP contribution in [0.1, 0.15) is 109 Å². The molecule has 1 aromatic carbocycles. The summed E-state index contributed by atoms with van der Waals surface area (Å²) in [5, 5.41) is 0. The monoisotopic (exact) mass is 467 g/mol. The number of hydrogen-bond donors (Lipinski definition) is 0. The van der Waals surface area contributed by atoms with Gasteiger partial charge >= 0.3 is 0 Å². The summed E-state index contributed by atoms with van der Waals surface area (Å²) in [6.07, 6.45) is 21.2. The van der Waals surface area contributed by atoms with Crippen LogP contribution in [0.4, 0.5) is 0 Å². The summed E-state index contributed by atoms with van der Waals surface area (Å²) in [4.78, 5) is 4.68. The quantitative estimate of drug-likeness (QED) is 0.171. The molecule has 0 amide bonds. The molecule has 0 aliphatic rings. The Hall–Kier alpha value is -1.87. The average Bonchev–Trinajstić information content (AvgIpc) is 2.87. The van der Waals surface area contributed by atoms with Gasteiger partial charge in [-0.1, -0.05) is 90.5 Å². The Labute approximate surface area is 209 Å². The van der Waals surface area contributed by atoms with Gasteiger partial charge in [0.05, 0.1) is 12.3 Å². The molecule has 3 nitrogen and oxygen atoms in total. The highest BCUT2D eigenvalue weighted by atomic mass is 16.5. The number of unbranched alkanes of at least 4 members (excludes halogenated alkanes) is 11. The Morgan fingerprint density at radius 2 is 1.18 bits per heavy atom. The highest BCUT2D eigenvalue weighted by molar-refractivity contribution is 5.60. The maximum absolute atomic E-state index is 5.93. The molecular weight excluding hydrogens is 418 g/mol. The molecule has 0 N–H and O–H groups in total. The summed E-state index contributed by atoms with van der Waals surface area (Å²) in [6.45, 7) is 7.08. The fourth-order valence-electron chi connectivity index (χ4n) is 4.18. The first-order chi connectivity index (χ1) is 16.8. The largest absolute Gasteiger partial charge is 0.494 e. The van der Waals surface area contributed by atoms with Gasteiger partial charge in [0.15, 0.2) is 0 Å². The first-order valence-corrected chi connectivity index (χ1v) is 14.1. The van der Waals surface area contributed by atoms with Crippen LogP contribution >= 0.6 is 0 Å². The predicted octanol–water partition coefficient (Wildman–Crippen LogP) is 9.19. The van der Waals surface area contributed by atoms with Gasteiger partial charge < -0.3 is 9.47 Å². The molecule has 0 aliphatic carbocycles. The lowest BCUT2D eigenvalue weighted by atomic mass is 10.1. The molecule has 0 atom stereocenters. The summed E-state index contributed by atoms with van der Waals surface area (Å²) in [7, 11) is 0. The Morgan fingerprint density at radius 1 is 0.588 bits per heavy atom. The molecule has 0 unspecified atom stereocenters. The summed E-state index contributed by atoms with van der Waals surface area (Å²) >= 11 is 0. The topological polar surface area (TPSA) is 31.4 Å². The number of benzene rings is 1. The van der Waals surface area contributed by atoms with Crippen LogP contribution in [0.2, 0.25) is 0 Å². The van der Waals surface area contributed by atoms with E-state index in [0.717, 1.165) is 56.1 Å². The number of ether oxygens (including phenoxy) is 2. The Balaban J connectivity index is 1.57. The van der Waals surface area contributed by atoms with E-state index in [4.69, 9.17) is 9.47 Å². The van der Waals surface area contributed by atoms with Gasteiger partial charge in [0.25, 0.3) is 0 Å². The molecular formula is C31H49NO2. The maximum Gasteiger partial charge on any atom is 0.119 e. The second-order valence-corrected chi connectivity index (χ2v) is 9.53. The summed E-state index contributed by atoms with van der Waals surface area (Å²) in [5.74, 6) is 0.952. The van der Waals surface area contributed by atoms with Crippen LogP contribution in [0.3, 0.4) is 0 Å². The Bertz CT molecular complexity index is 648. The van der Waals surface area contributed by atoms with Crippen molar-refractivity contribution in [3.05, 3.63) is 48.2 Å². The van der Waals surface area contributed by atoms with Crippen molar-refractivity contribution >= 4 is 0 Å². The molecule has 0 saturated heterocycles. The zero-order valence-corrected chi connectivity index (χ0v) is 22.0. The third-order valence-corrected chi connectivity index (χ3v) is 6.39. The third-order valence-electron chi connectivity index (χ3n) is 6.39. The van der Waals surface area contributed by atoms with Crippen LogP contribution in [0.5, 0.6) is 5.75 Å². The number of aromatic nitrogens is 1. The minimum Gasteiger partial charge on any atom is -0.494 e. The van der Waals surface area contributed by atoms with Gasteiger partial charge in [-0.15, -0.1) is 0 Å². The van der Waals surface area contributed by atoms with Gasteiger partial charge in [-0.25, -0.2) is 0 Å². The van der Waals surface area contributed by atoms with Crippen molar-refractivity contribution in [3.63, 3.8) is 0 Å². The molecule has 190 valence electrons. The van der Waals surface area contributed by atoms with Crippen molar-refractivity contribution in [1.29, 1.82) is 0 Å². The third kappa shape index (κ3) is 13.1. The number of pyridine rings is 1. The number of nitrogens with zero attached hydrogens (tertiary/aromatic N) is 1. The first-order valence-electron chi connectivity index (χ1n) is 14.1. The van der Waals surface area contributed by atoms with Crippen molar-refractivity contribution in [2.24, 2.45) is 0 Å². The van der Waals surface area contributed by atoms with E-state index in [1.165, 1.54) is 82.6 Å². The second kappa shape index (κ2) is 19.4. The van der Waals surface area contributed by atoms with E-state index in [0.29, 0.717) is 0 Å². The van der Waals surface area contributed by atoms with Crippen molar-refractivity contribution in [1.82, 2.24) is 4.98 Å². The summed E-state index contributed by atoms with van der Waals surface area (Å²) < 4.78 is 11.7. The molecule has 1 heterocycles. The molecule has 34 heavy (non-hydrogen) atoms. The number of rotatable bonds is 21. The van der Waals surface area contributed by atoms with Gasteiger partial charge in [-0.2, -0.15) is 0 Å². The van der Waals surface area contributed by atoms with Gasteiger partial charge in [0, 0.05) is 25.0 Å². The van der Waals surface area contributed by atoms with E-state index in [1.807, 2.05) is 6.20 Å². The highest BCUT2D eigenvalue weighted by Gasteiger charge is 2.02. The average molecular weight is 468 g/mol. The summed E-state index contributed by atoms with van der Waals surface area (Å²) in [5.41, 5.74) is 3.43. The normalized spacial score (nSPS) is 11.1. The van der Waals surface area contributed by atoms with Gasteiger partial charge in [0.1, 0.15) is 5.75 Å². The van der Waals surface area contributed by atoms with Crippen molar-refractivity contribution in [2.75, 3.05) is 19.8 Å². The molecule has 2 rings (SSSR count). The summed E-state index contributed by atoms with van der Waals surface area (Å²) in [6, 6.07) is 12.7. The zero-order valence-electron chi connectivity index (χ0n) is 22.0. The second-order valence-electron chi connectivity index (χ2n) is 9.53. The molecule has 2 aromatic rings. The molecule has 3 heteroatoms. The SMILES string of the molecule is CCCCCCCCCCOc1ccc(-c2ccc(CCCOCCCCCCC)cn2)cc1. The van der Waals surface area contributed by atoms with E-state index < -0.39 is 0 Å².